The van der Waals surface area contributed by atoms with Crippen molar-refractivity contribution in [3.05, 3.63) is 64.1 Å². The van der Waals surface area contributed by atoms with E-state index >= 15 is 0 Å². The maximum Gasteiger partial charge on any atom is 0.254 e. The lowest BCUT2D eigenvalue weighted by atomic mass is 10.00. The SMILES string of the molecule is Cc1cc(-n2c(C(C)C)c(C(=O)NC3COC3)c3cc4c(cc32)C=NC4)ccc1F. The molecule has 3 aromatic rings. The maximum absolute atomic E-state index is 14.0. The topological polar surface area (TPSA) is 55.6 Å². The molecule has 1 saturated heterocycles. The van der Waals surface area contributed by atoms with E-state index in [0.717, 1.165) is 33.4 Å². The van der Waals surface area contributed by atoms with Gasteiger partial charge >= 0.3 is 0 Å². The molecule has 1 amide bonds. The van der Waals surface area contributed by atoms with E-state index in [-0.39, 0.29) is 23.7 Å². The first kappa shape index (κ1) is 19.0. The minimum atomic E-state index is -0.239. The Balaban J connectivity index is 1.80. The molecule has 154 valence electrons. The quantitative estimate of drug-likeness (QED) is 0.705. The molecule has 2 aromatic carbocycles. The monoisotopic (exact) mass is 405 g/mol. The lowest BCUT2D eigenvalue weighted by Crippen LogP contribution is -2.48. The van der Waals surface area contributed by atoms with Crippen molar-refractivity contribution in [1.29, 1.82) is 0 Å². The van der Waals surface area contributed by atoms with Gasteiger partial charge in [0.15, 0.2) is 0 Å². The van der Waals surface area contributed by atoms with Crippen LogP contribution in [0.2, 0.25) is 0 Å². The van der Waals surface area contributed by atoms with Crippen molar-refractivity contribution in [2.24, 2.45) is 4.99 Å². The van der Waals surface area contributed by atoms with Crippen molar-refractivity contribution in [2.75, 3.05) is 13.2 Å². The first-order valence-corrected chi connectivity index (χ1v) is 10.3. The summed E-state index contributed by atoms with van der Waals surface area (Å²) in [6.07, 6.45) is 1.88. The Labute approximate surface area is 174 Å². The number of aromatic nitrogens is 1. The Morgan fingerprint density at radius 2 is 2.07 bits per heavy atom. The molecule has 1 N–H and O–H groups in total. The van der Waals surface area contributed by atoms with E-state index in [1.54, 1.807) is 13.0 Å². The van der Waals surface area contributed by atoms with Gasteiger partial charge in [0.2, 0.25) is 0 Å². The summed E-state index contributed by atoms with van der Waals surface area (Å²) in [6, 6.07) is 9.32. The second-order valence-electron chi connectivity index (χ2n) is 8.43. The van der Waals surface area contributed by atoms with Gasteiger partial charge in [-0.25, -0.2) is 4.39 Å². The summed E-state index contributed by atoms with van der Waals surface area (Å²) in [4.78, 5) is 17.8. The number of amides is 1. The molecule has 5 rings (SSSR count). The van der Waals surface area contributed by atoms with E-state index in [2.05, 4.69) is 40.9 Å². The van der Waals surface area contributed by atoms with Crippen LogP contribution in [-0.2, 0) is 11.3 Å². The van der Waals surface area contributed by atoms with Gasteiger partial charge in [0.1, 0.15) is 5.82 Å². The molecule has 0 saturated carbocycles. The third-order valence-corrected chi connectivity index (χ3v) is 5.90. The zero-order chi connectivity index (χ0) is 21.0. The predicted octanol–water partition coefficient (Wildman–Crippen LogP) is 4.26. The minimum Gasteiger partial charge on any atom is -0.377 e. The van der Waals surface area contributed by atoms with E-state index in [1.807, 2.05) is 12.3 Å². The molecular formula is C24H24FN3O2. The number of nitrogens with zero attached hydrogens (tertiary/aromatic N) is 2. The Hall–Kier alpha value is -2.99. The van der Waals surface area contributed by atoms with Crippen molar-refractivity contribution in [2.45, 2.75) is 39.3 Å². The number of carbonyl (C=O) groups is 1. The first-order chi connectivity index (χ1) is 14.4. The number of benzene rings is 2. The van der Waals surface area contributed by atoms with Crippen LogP contribution in [0.5, 0.6) is 0 Å². The zero-order valence-corrected chi connectivity index (χ0v) is 17.3. The van der Waals surface area contributed by atoms with Crippen LogP contribution in [0, 0.1) is 12.7 Å². The number of rotatable bonds is 4. The average molecular weight is 405 g/mol. The van der Waals surface area contributed by atoms with Gasteiger partial charge < -0.3 is 14.6 Å². The van der Waals surface area contributed by atoms with Crippen molar-refractivity contribution < 1.29 is 13.9 Å². The molecular weight excluding hydrogens is 381 g/mol. The van der Waals surface area contributed by atoms with Crippen LogP contribution in [0.15, 0.2) is 35.3 Å². The summed E-state index contributed by atoms with van der Waals surface area (Å²) in [5.74, 6) is -0.240. The predicted molar refractivity (Wildman–Crippen MR) is 115 cm³/mol. The van der Waals surface area contributed by atoms with Crippen LogP contribution in [0.1, 0.15) is 52.5 Å². The largest absolute Gasteiger partial charge is 0.377 e. The molecule has 2 aliphatic rings. The van der Waals surface area contributed by atoms with Crippen LogP contribution in [0.3, 0.4) is 0 Å². The van der Waals surface area contributed by atoms with Gasteiger partial charge in [0.05, 0.1) is 36.9 Å². The smallest absolute Gasteiger partial charge is 0.254 e. The molecule has 5 nitrogen and oxygen atoms in total. The number of halogens is 1. The van der Waals surface area contributed by atoms with E-state index in [1.165, 1.54) is 6.07 Å². The van der Waals surface area contributed by atoms with Gasteiger partial charge in [-0.3, -0.25) is 9.79 Å². The number of ether oxygens (including phenoxy) is 1. The highest BCUT2D eigenvalue weighted by Gasteiger charge is 2.29. The number of carbonyl (C=O) groups excluding carboxylic acids is 1. The molecule has 1 fully saturated rings. The van der Waals surface area contributed by atoms with Crippen LogP contribution in [0.25, 0.3) is 16.6 Å². The summed E-state index contributed by atoms with van der Waals surface area (Å²) < 4.78 is 21.3. The molecule has 6 heteroatoms. The van der Waals surface area contributed by atoms with Crippen LogP contribution < -0.4 is 5.32 Å². The van der Waals surface area contributed by atoms with E-state index in [0.29, 0.717) is 30.9 Å². The van der Waals surface area contributed by atoms with Crippen LogP contribution in [-0.4, -0.2) is 35.9 Å². The van der Waals surface area contributed by atoms with Gasteiger partial charge in [-0.1, -0.05) is 13.8 Å². The van der Waals surface area contributed by atoms with Gasteiger partial charge in [0.25, 0.3) is 5.91 Å². The van der Waals surface area contributed by atoms with Crippen LogP contribution in [0.4, 0.5) is 4.39 Å². The van der Waals surface area contributed by atoms with E-state index in [9.17, 15) is 9.18 Å². The average Bonchev–Trinajstić information content (AvgIpc) is 3.26. The molecule has 0 radical (unpaired) electrons. The summed E-state index contributed by atoms with van der Waals surface area (Å²) in [6.45, 7) is 7.64. The van der Waals surface area contributed by atoms with Crippen LogP contribution >= 0.6 is 0 Å². The maximum atomic E-state index is 14.0. The number of hydrogen-bond acceptors (Lipinski definition) is 3. The van der Waals surface area contributed by atoms with Gasteiger partial charge in [0, 0.05) is 23.0 Å². The summed E-state index contributed by atoms with van der Waals surface area (Å²) in [5.41, 5.74) is 6.15. The highest BCUT2D eigenvalue weighted by molar-refractivity contribution is 6.10. The normalized spacial score (nSPS) is 15.6. The highest BCUT2D eigenvalue weighted by Crippen LogP contribution is 2.37. The number of aryl methyl sites for hydroxylation is 1. The van der Waals surface area contributed by atoms with Crippen molar-refractivity contribution in [3.63, 3.8) is 0 Å². The van der Waals surface area contributed by atoms with Gasteiger partial charge in [-0.2, -0.15) is 0 Å². The minimum absolute atomic E-state index is 0.0433. The second-order valence-corrected chi connectivity index (χ2v) is 8.43. The Bertz CT molecular complexity index is 1210. The molecule has 1 aromatic heterocycles. The summed E-state index contributed by atoms with van der Waals surface area (Å²) in [5, 5.41) is 4.01. The first-order valence-electron chi connectivity index (χ1n) is 10.3. The molecule has 2 aliphatic heterocycles. The lowest BCUT2D eigenvalue weighted by Gasteiger charge is -2.27. The van der Waals surface area contributed by atoms with E-state index < -0.39 is 0 Å². The Morgan fingerprint density at radius 1 is 1.27 bits per heavy atom. The number of hydrogen-bond donors (Lipinski definition) is 1. The molecule has 0 unspecified atom stereocenters. The zero-order valence-electron chi connectivity index (χ0n) is 17.3. The lowest BCUT2D eigenvalue weighted by molar-refractivity contribution is -0.00345. The highest BCUT2D eigenvalue weighted by atomic mass is 19.1. The number of nitrogens with one attached hydrogen (secondary N) is 1. The fraction of sp³-hybridized carbons (Fsp3) is 0.333. The fourth-order valence-corrected chi connectivity index (χ4v) is 4.32. The third kappa shape index (κ3) is 2.94. The van der Waals surface area contributed by atoms with Gasteiger partial charge in [-0.05, 0) is 59.9 Å². The number of fused-ring (bicyclic) bond motifs is 2. The molecule has 0 spiro atoms. The van der Waals surface area contributed by atoms with Crippen molar-refractivity contribution >= 4 is 23.0 Å². The Morgan fingerprint density at radius 3 is 2.73 bits per heavy atom. The summed E-state index contributed by atoms with van der Waals surface area (Å²) >= 11 is 0. The summed E-state index contributed by atoms with van der Waals surface area (Å²) in [7, 11) is 0. The fourth-order valence-electron chi connectivity index (χ4n) is 4.32. The Kier molecular flexibility index (Phi) is 4.47. The van der Waals surface area contributed by atoms with Gasteiger partial charge in [-0.15, -0.1) is 0 Å². The third-order valence-electron chi connectivity index (χ3n) is 5.90. The van der Waals surface area contributed by atoms with Crippen molar-refractivity contribution in [3.8, 4) is 5.69 Å². The standard InChI is InChI=1S/C24H24FN3O2/c1-13(2)23-22(24(29)27-17-11-30-12-17)19-7-15-9-26-10-16(15)8-21(19)28(23)18-4-5-20(25)14(3)6-18/h4-8,10,13,17H,9,11-12H2,1-3H3,(H,27,29). The number of aliphatic imine (C=N–C) groups is 1. The molecule has 0 bridgehead atoms. The molecule has 30 heavy (non-hydrogen) atoms. The van der Waals surface area contributed by atoms with E-state index in [4.69, 9.17) is 4.74 Å². The van der Waals surface area contributed by atoms with Crippen molar-refractivity contribution in [1.82, 2.24) is 9.88 Å². The molecule has 0 aliphatic carbocycles. The molecule has 0 atom stereocenters. The second kappa shape index (κ2) is 7.06. The molecule has 3 heterocycles.